The predicted molar refractivity (Wildman–Crippen MR) is 102 cm³/mol. The molecule has 0 bridgehead atoms. The van der Waals surface area contributed by atoms with E-state index in [1.807, 2.05) is 24.3 Å². The Bertz CT molecular complexity index is 758. The molecule has 0 spiro atoms. The summed E-state index contributed by atoms with van der Waals surface area (Å²) in [6, 6.07) is 7.13. The molecule has 140 valence electrons. The summed E-state index contributed by atoms with van der Waals surface area (Å²) in [7, 11) is 0. The maximum Gasteiger partial charge on any atom is 0.321 e. The number of para-hydroxylation sites is 1. The van der Waals surface area contributed by atoms with E-state index in [1.54, 1.807) is 25.2 Å². The van der Waals surface area contributed by atoms with Crippen molar-refractivity contribution in [1.82, 2.24) is 15.6 Å². The van der Waals surface area contributed by atoms with E-state index in [1.165, 1.54) is 18.7 Å². The van der Waals surface area contributed by atoms with E-state index in [9.17, 15) is 14.4 Å². The van der Waals surface area contributed by atoms with Crippen molar-refractivity contribution >= 4 is 51.2 Å². The number of rotatable bonds is 7. The number of urea groups is 1. The molecule has 1 heterocycles. The topological polar surface area (TPSA) is 97.4 Å². The van der Waals surface area contributed by atoms with Crippen molar-refractivity contribution in [1.29, 1.82) is 0 Å². The molecule has 2 aromatic rings. The number of nitrogens with zero attached hydrogens (tertiary/aromatic N) is 1. The molecule has 0 saturated heterocycles. The Balaban J connectivity index is 1.72. The van der Waals surface area contributed by atoms with E-state index in [0.717, 1.165) is 14.6 Å². The number of esters is 1. The Hall–Kier alpha value is -2.13. The standard InChI is InChI=1S/C17H21N3O4S2/c1-10(2)18-16(23)20-15(22)11(3)24-14(21)8-9-25-17-19-12-6-4-5-7-13(12)26-17/h4-7,10-11H,8-9H2,1-3H3,(H2,18,20,22,23)/t11-/m1/s1. The van der Waals surface area contributed by atoms with Crippen molar-refractivity contribution in [2.24, 2.45) is 0 Å². The van der Waals surface area contributed by atoms with Gasteiger partial charge in [-0.25, -0.2) is 9.78 Å². The number of nitrogens with one attached hydrogen (secondary N) is 2. The third kappa shape index (κ3) is 6.30. The number of aromatic nitrogens is 1. The third-order valence-corrected chi connectivity index (χ3v) is 5.32. The highest BCUT2D eigenvalue weighted by molar-refractivity contribution is 8.01. The molecule has 0 radical (unpaired) electrons. The Morgan fingerprint density at radius 3 is 2.65 bits per heavy atom. The Morgan fingerprint density at radius 1 is 1.23 bits per heavy atom. The predicted octanol–water partition coefficient (Wildman–Crippen LogP) is 2.94. The van der Waals surface area contributed by atoms with Gasteiger partial charge in [0.25, 0.3) is 5.91 Å². The molecular weight excluding hydrogens is 374 g/mol. The summed E-state index contributed by atoms with van der Waals surface area (Å²) in [6.45, 7) is 4.98. The van der Waals surface area contributed by atoms with Crippen molar-refractivity contribution < 1.29 is 19.1 Å². The van der Waals surface area contributed by atoms with Gasteiger partial charge in [-0.2, -0.15) is 0 Å². The fourth-order valence-corrected chi connectivity index (χ4v) is 4.01. The van der Waals surface area contributed by atoms with Crippen LogP contribution in [0.15, 0.2) is 28.6 Å². The lowest BCUT2D eigenvalue weighted by molar-refractivity contribution is -0.154. The van der Waals surface area contributed by atoms with E-state index in [0.29, 0.717) is 5.75 Å². The molecule has 3 amide bonds. The van der Waals surface area contributed by atoms with Gasteiger partial charge >= 0.3 is 12.0 Å². The fraction of sp³-hybridized carbons (Fsp3) is 0.412. The lowest BCUT2D eigenvalue weighted by Crippen LogP contribution is -2.46. The van der Waals surface area contributed by atoms with Crippen molar-refractivity contribution in [2.45, 2.75) is 43.7 Å². The third-order valence-electron chi connectivity index (χ3n) is 3.14. The molecule has 2 N–H and O–H groups in total. The highest BCUT2D eigenvalue weighted by atomic mass is 32.2. The zero-order valence-corrected chi connectivity index (χ0v) is 16.4. The van der Waals surface area contributed by atoms with Gasteiger partial charge in [-0.15, -0.1) is 11.3 Å². The van der Waals surface area contributed by atoms with Gasteiger partial charge in [-0.3, -0.25) is 14.9 Å². The van der Waals surface area contributed by atoms with Crippen LogP contribution in [0, 0.1) is 0 Å². The largest absolute Gasteiger partial charge is 0.453 e. The molecule has 1 aromatic heterocycles. The van der Waals surface area contributed by atoms with E-state index >= 15 is 0 Å². The van der Waals surface area contributed by atoms with E-state index in [-0.39, 0.29) is 12.5 Å². The summed E-state index contributed by atoms with van der Waals surface area (Å²) < 4.78 is 7.04. The minimum Gasteiger partial charge on any atom is -0.453 e. The molecule has 0 fully saturated rings. The molecule has 0 aliphatic heterocycles. The number of hydrogen-bond acceptors (Lipinski definition) is 7. The average Bonchev–Trinajstić information content (AvgIpc) is 2.96. The molecule has 1 aromatic carbocycles. The number of hydrogen-bond donors (Lipinski definition) is 2. The molecule has 0 unspecified atom stereocenters. The number of thioether (sulfide) groups is 1. The summed E-state index contributed by atoms with van der Waals surface area (Å²) in [5, 5.41) is 4.66. The first kappa shape index (κ1) is 20.2. The van der Waals surface area contributed by atoms with Gasteiger partial charge < -0.3 is 10.1 Å². The van der Waals surface area contributed by atoms with Crippen molar-refractivity contribution in [3.63, 3.8) is 0 Å². The van der Waals surface area contributed by atoms with Crippen molar-refractivity contribution in [2.75, 3.05) is 5.75 Å². The molecule has 1 atom stereocenters. The van der Waals surface area contributed by atoms with E-state index < -0.39 is 24.0 Å². The molecule has 7 nitrogen and oxygen atoms in total. The summed E-state index contributed by atoms with van der Waals surface area (Å²) in [5.74, 6) is -0.651. The smallest absolute Gasteiger partial charge is 0.321 e. The Labute approximate surface area is 159 Å². The molecule has 0 aliphatic carbocycles. The van der Waals surface area contributed by atoms with Gasteiger partial charge in [0.1, 0.15) is 0 Å². The maximum atomic E-state index is 11.9. The normalized spacial score (nSPS) is 12.0. The van der Waals surface area contributed by atoms with Gasteiger partial charge in [-0.05, 0) is 32.9 Å². The average molecular weight is 396 g/mol. The van der Waals surface area contributed by atoms with Crippen molar-refractivity contribution in [3.05, 3.63) is 24.3 Å². The SMILES string of the molecule is CC(C)NC(=O)NC(=O)[C@@H](C)OC(=O)CCSc1nc2ccccc2s1. The summed E-state index contributed by atoms with van der Waals surface area (Å²) in [6.07, 6.45) is -0.885. The van der Waals surface area contributed by atoms with Crippen LogP contribution in [-0.4, -0.2) is 40.8 Å². The van der Waals surface area contributed by atoms with Gasteiger partial charge in [0.2, 0.25) is 0 Å². The zero-order chi connectivity index (χ0) is 19.1. The highest BCUT2D eigenvalue weighted by Gasteiger charge is 2.20. The molecule has 0 saturated carbocycles. The molecule has 26 heavy (non-hydrogen) atoms. The van der Waals surface area contributed by atoms with Crippen LogP contribution in [0.3, 0.4) is 0 Å². The van der Waals surface area contributed by atoms with Gasteiger partial charge in [0.15, 0.2) is 10.4 Å². The number of thiazole rings is 1. The lowest BCUT2D eigenvalue weighted by atomic mass is 10.3. The van der Waals surface area contributed by atoms with Crippen LogP contribution in [0.25, 0.3) is 10.2 Å². The summed E-state index contributed by atoms with van der Waals surface area (Å²) in [5.41, 5.74) is 0.938. The Kier molecular flexibility index (Phi) is 7.40. The number of ether oxygens (including phenoxy) is 1. The molecule has 0 aliphatic rings. The van der Waals surface area contributed by atoms with Gasteiger partial charge in [0.05, 0.1) is 16.6 Å². The van der Waals surface area contributed by atoms with Crippen LogP contribution in [0.2, 0.25) is 0 Å². The minimum atomic E-state index is -1.03. The minimum absolute atomic E-state index is 0.0970. The zero-order valence-electron chi connectivity index (χ0n) is 14.8. The van der Waals surface area contributed by atoms with Crippen LogP contribution in [0.4, 0.5) is 4.79 Å². The fourth-order valence-electron chi connectivity index (χ4n) is 1.96. The lowest BCUT2D eigenvalue weighted by Gasteiger charge is -2.14. The first-order valence-corrected chi connectivity index (χ1v) is 9.94. The van der Waals surface area contributed by atoms with Crippen LogP contribution in [-0.2, 0) is 14.3 Å². The van der Waals surface area contributed by atoms with E-state index in [2.05, 4.69) is 15.6 Å². The quantitative estimate of drug-likeness (QED) is 0.553. The van der Waals surface area contributed by atoms with Crippen LogP contribution in [0.1, 0.15) is 27.2 Å². The number of fused-ring (bicyclic) bond motifs is 1. The summed E-state index contributed by atoms with van der Waals surface area (Å²) in [4.78, 5) is 39.6. The first-order valence-electron chi connectivity index (χ1n) is 8.14. The number of imide groups is 1. The maximum absolute atomic E-state index is 11.9. The monoisotopic (exact) mass is 395 g/mol. The molecule has 2 rings (SSSR count). The van der Waals surface area contributed by atoms with Crippen LogP contribution < -0.4 is 10.6 Å². The molecular formula is C17H21N3O4S2. The van der Waals surface area contributed by atoms with Crippen LogP contribution >= 0.6 is 23.1 Å². The van der Waals surface area contributed by atoms with Crippen LogP contribution in [0.5, 0.6) is 0 Å². The summed E-state index contributed by atoms with van der Waals surface area (Å²) >= 11 is 3.04. The van der Waals surface area contributed by atoms with Gasteiger partial charge in [-0.1, -0.05) is 23.9 Å². The second kappa shape index (κ2) is 9.54. The highest BCUT2D eigenvalue weighted by Crippen LogP contribution is 2.29. The van der Waals surface area contributed by atoms with E-state index in [4.69, 9.17) is 4.74 Å². The Morgan fingerprint density at radius 2 is 1.96 bits per heavy atom. The number of amides is 3. The van der Waals surface area contributed by atoms with Gasteiger partial charge in [0, 0.05) is 11.8 Å². The number of carbonyl (C=O) groups excluding carboxylic acids is 3. The second-order valence-electron chi connectivity index (χ2n) is 5.80. The number of benzene rings is 1. The second-order valence-corrected chi connectivity index (χ2v) is 8.17. The number of carbonyl (C=O) groups is 3. The first-order chi connectivity index (χ1) is 12.3. The molecule has 9 heteroatoms. The van der Waals surface area contributed by atoms with Crippen molar-refractivity contribution in [3.8, 4) is 0 Å².